The van der Waals surface area contributed by atoms with Crippen molar-refractivity contribution in [1.29, 1.82) is 0 Å². The summed E-state index contributed by atoms with van der Waals surface area (Å²) < 4.78 is 1.51. The van der Waals surface area contributed by atoms with Crippen LogP contribution in [0.15, 0.2) is 34.2 Å². The molecule has 25 heavy (non-hydrogen) atoms. The molecule has 8 nitrogen and oxygen atoms in total. The molecule has 0 aliphatic rings. The van der Waals surface area contributed by atoms with E-state index in [1.54, 1.807) is 12.1 Å². The summed E-state index contributed by atoms with van der Waals surface area (Å²) in [4.78, 5) is 26.4. The number of hydrogen-bond acceptors (Lipinski definition) is 6. The minimum absolute atomic E-state index is 0.0355. The number of nitrogens with zero attached hydrogens (tertiary/aromatic N) is 2. The van der Waals surface area contributed by atoms with Crippen LogP contribution in [0.5, 0.6) is 11.6 Å². The maximum absolute atomic E-state index is 12.0. The van der Waals surface area contributed by atoms with Gasteiger partial charge < -0.3 is 10.2 Å². The molecule has 0 fully saturated rings. The number of para-hydroxylation sites is 1. The predicted octanol–water partition coefficient (Wildman–Crippen LogP) is 2.05. The van der Waals surface area contributed by atoms with Crippen molar-refractivity contribution in [2.75, 3.05) is 0 Å². The van der Waals surface area contributed by atoms with Crippen LogP contribution >= 0.6 is 12.2 Å². The van der Waals surface area contributed by atoms with Crippen molar-refractivity contribution in [1.82, 2.24) is 15.0 Å². The molecule has 0 aliphatic heterocycles. The second-order valence-electron chi connectivity index (χ2n) is 5.34. The third-order valence-electron chi connectivity index (χ3n) is 3.69. The van der Waals surface area contributed by atoms with Crippen LogP contribution < -0.4 is 11.0 Å². The highest BCUT2D eigenvalue weighted by atomic mass is 32.1. The number of hydrogen-bond donors (Lipinski definition) is 4. The molecule has 0 saturated carbocycles. The summed E-state index contributed by atoms with van der Waals surface area (Å²) in [6.07, 6.45) is 1.72. The van der Waals surface area contributed by atoms with Gasteiger partial charge in [-0.05, 0) is 37.7 Å². The van der Waals surface area contributed by atoms with Gasteiger partial charge in [0.25, 0.3) is 11.5 Å². The SMILES string of the molecule is CC[C@H](C)n1c(O)c(/C=N/NC(=O)c2ccccc2O)c(=O)[nH]c1=S. The Morgan fingerprint density at radius 2 is 2.12 bits per heavy atom. The van der Waals surface area contributed by atoms with Gasteiger partial charge in [-0.15, -0.1) is 0 Å². The van der Waals surface area contributed by atoms with Gasteiger partial charge in [0.05, 0.1) is 11.8 Å². The first-order valence-electron chi connectivity index (χ1n) is 7.56. The number of aromatic amines is 1. The molecule has 1 aromatic heterocycles. The van der Waals surface area contributed by atoms with E-state index in [9.17, 15) is 19.8 Å². The first-order chi connectivity index (χ1) is 11.9. The number of benzene rings is 1. The van der Waals surface area contributed by atoms with Crippen LogP contribution in [-0.2, 0) is 0 Å². The Morgan fingerprint density at radius 3 is 2.76 bits per heavy atom. The molecule has 9 heteroatoms. The van der Waals surface area contributed by atoms with Gasteiger partial charge in [-0.3, -0.25) is 19.1 Å². The molecule has 4 N–H and O–H groups in total. The molecule has 0 saturated heterocycles. The van der Waals surface area contributed by atoms with E-state index in [0.717, 1.165) is 6.21 Å². The van der Waals surface area contributed by atoms with Crippen LogP contribution in [0, 0.1) is 4.77 Å². The van der Waals surface area contributed by atoms with E-state index in [4.69, 9.17) is 12.2 Å². The molecule has 2 aromatic rings. The fourth-order valence-corrected chi connectivity index (χ4v) is 2.50. The van der Waals surface area contributed by atoms with Gasteiger partial charge in [-0.25, -0.2) is 5.43 Å². The summed E-state index contributed by atoms with van der Waals surface area (Å²) in [5, 5.41) is 23.6. The maximum atomic E-state index is 12.0. The summed E-state index contributed by atoms with van der Waals surface area (Å²) in [6, 6.07) is 5.83. The van der Waals surface area contributed by atoms with Crippen LogP contribution in [0.4, 0.5) is 0 Å². The number of rotatable bonds is 5. The average molecular weight is 362 g/mol. The number of aromatic hydroxyl groups is 2. The number of phenols is 1. The number of carbonyl (C=O) groups is 1. The largest absolute Gasteiger partial charge is 0.507 e. The van der Waals surface area contributed by atoms with E-state index in [2.05, 4.69) is 15.5 Å². The Kier molecular flexibility index (Phi) is 5.71. The number of phenolic OH excluding ortho intramolecular Hbond substituents is 1. The highest BCUT2D eigenvalue weighted by molar-refractivity contribution is 7.71. The van der Waals surface area contributed by atoms with E-state index in [1.165, 1.54) is 16.7 Å². The molecule has 0 unspecified atom stereocenters. The van der Waals surface area contributed by atoms with Gasteiger partial charge in [0.15, 0.2) is 4.77 Å². The smallest absolute Gasteiger partial charge is 0.275 e. The molecule has 0 spiro atoms. The van der Waals surface area contributed by atoms with Crippen molar-refractivity contribution in [3.05, 3.63) is 50.5 Å². The summed E-state index contributed by atoms with van der Waals surface area (Å²) in [6.45, 7) is 3.76. The number of nitrogens with one attached hydrogen (secondary N) is 2. The average Bonchev–Trinajstić information content (AvgIpc) is 2.57. The van der Waals surface area contributed by atoms with Crippen LogP contribution in [0.2, 0.25) is 0 Å². The van der Waals surface area contributed by atoms with Crippen molar-refractivity contribution in [2.24, 2.45) is 5.10 Å². The van der Waals surface area contributed by atoms with E-state index in [1.807, 2.05) is 13.8 Å². The van der Waals surface area contributed by atoms with Crippen LogP contribution in [0.1, 0.15) is 42.2 Å². The lowest BCUT2D eigenvalue weighted by atomic mass is 10.2. The molecule has 1 aromatic carbocycles. The minimum Gasteiger partial charge on any atom is -0.507 e. The molecule has 1 heterocycles. The van der Waals surface area contributed by atoms with Crippen molar-refractivity contribution in [2.45, 2.75) is 26.3 Å². The lowest BCUT2D eigenvalue weighted by Gasteiger charge is -2.16. The zero-order valence-electron chi connectivity index (χ0n) is 13.7. The van der Waals surface area contributed by atoms with Crippen molar-refractivity contribution < 1.29 is 15.0 Å². The zero-order chi connectivity index (χ0) is 18.6. The normalized spacial score (nSPS) is 12.2. The summed E-state index contributed by atoms with van der Waals surface area (Å²) in [5.74, 6) is -1.18. The first kappa shape index (κ1) is 18.4. The quantitative estimate of drug-likeness (QED) is 0.369. The number of amides is 1. The Balaban J connectivity index is 2.30. The molecule has 0 radical (unpaired) electrons. The highest BCUT2D eigenvalue weighted by Gasteiger charge is 2.15. The zero-order valence-corrected chi connectivity index (χ0v) is 14.5. The molecular weight excluding hydrogens is 344 g/mol. The van der Waals surface area contributed by atoms with E-state index in [0.29, 0.717) is 6.42 Å². The maximum Gasteiger partial charge on any atom is 0.275 e. The van der Waals surface area contributed by atoms with Gasteiger partial charge in [0.1, 0.15) is 11.3 Å². The molecule has 0 aliphatic carbocycles. The molecule has 1 atom stereocenters. The third-order valence-corrected chi connectivity index (χ3v) is 3.99. The minimum atomic E-state index is -0.653. The van der Waals surface area contributed by atoms with Gasteiger partial charge in [-0.2, -0.15) is 5.10 Å². The van der Waals surface area contributed by atoms with Gasteiger partial charge in [-0.1, -0.05) is 19.1 Å². The molecule has 0 bridgehead atoms. The van der Waals surface area contributed by atoms with Crippen molar-refractivity contribution in [3.8, 4) is 11.6 Å². The monoisotopic (exact) mass is 362 g/mol. The van der Waals surface area contributed by atoms with Crippen molar-refractivity contribution in [3.63, 3.8) is 0 Å². The van der Waals surface area contributed by atoms with Gasteiger partial charge in [0, 0.05) is 6.04 Å². The van der Waals surface area contributed by atoms with E-state index in [-0.39, 0.29) is 33.6 Å². The number of H-pyrrole nitrogens is 1. The fraction of sp³-hybridized carbons (Fsp3) is 0.250. The van der Waals surface area contributed by atoms with Crippen LogP contribution in [0.25, 0.3) is 0 Å². The second-order valence-corrected chi connectivity index (χ2v) is 5.73. The standard InChI is InChI=1S/C16H18N4O4S/c1-3-9(2)20-15(24)11(13(22)18-16(20)25)8-17-19-14(23)10-6-4-5-7-12(10)21/h4-9,21,24H,3H2,1-2H3,(H,19,23)(H,18,22,25)/b17-8+/t9-/m0/s1. The summed E-state index contributed by atoms with van der Waals surface area (Å²) in [5.41, 5.74) is 1.47. The lowest BCUT2D eigenvalue weighted by molar-refractivity contribution is 0.0952. The fourth-order valence-electron chi connectivity index (χ4n) is 2.14. The lowest BCUT2D eigenvalue weighted by Crippen LogP contribution is -2.22. The Morgan fingerprint density at radius 1 is 1.44 bits per heavy atom. The third kappa shape index (κ3) is 3.94. The van der Waals surface area contributed by atoms with E-state index >= 15 is 0 Å². The number of aromatic nitrogens is 2. The predicted molar refractivity (Wildman–Crippen MR) is 95.7 cm³/mol. The molecular formula is C16H18N4O4S. The highest BCUT2D eigenvalue weighted by Crippen LogP contribution is 2.20. The Hall–Kier alpha value is -2.94. The van der Waals surface area contributed by atoms with Crippen LogP contribution in [0.3, 0.4) is 0 Å². The van der Waals surface area contributed by atoms with Crippen LogP contribution in [-0.4, -0.2) is 31.9 Å². The Bertz CT molecular complexity index is 932. The Labute approximate surface area is 148 Å². The first-order valence-corrected chi connectivity index (χ1v) is 7.96. The molecule has 132 valence electrons. The van der Waals surface area contributed by atoms with Crippen molar-refractivity contribution >= 4 is 24.3 Å². The van der Waals surface area contributed by atoms with Gasteiger partial charge >= 0.3 is 0 Å². The summed E-state index contributed by atoms with van der Waals surface area (Å²) >= 11 is 5.07. The number of hydrazone groups is 1. The van der Waals surface area contributed by atoms with E-state index < -0.39 is 11.5 Å². The second kappa shape index (κ2) is 7.75. The molecule has 2 rings (SSSR count). The van der Waals surface area contributed by atoms with Gasteiger partial charge in [0.2, 0.25) is 5.88 Å². The number of carbonyl (C=O) groups excluding carboxylic acids is 1. The summed E-state index contributed by atoms with van der Waals surface area (Å²) in [7, 11) is 0. The topological polar surface area (TPSA) is 120 Å². The molecule has 1 amide bonds.